The molecule has 0 aliphatic carbocycles. The van der Waals surface area contributed by atoms with Gasteiger partial charge in [0, 0.05) is 29.2 Å². The first kappa shape index (κ1) is 16.8. The molecule has 118 valence electrons. The Balaban J connectivity index is 2.25. The van der Waals surface area contributed by atoms with Crippen LogP contribution >= 0.6 is 22.0 Å². The van der Waals surface area contributed by atoms with E-state index in [1.807, 2.05) is 4.90 Å². The standard InChI is InChI=1S/C14H20ClNO3S2/c1-4-14(5-2)6-7-16(9-14)12(17)11-8-20-13(10(11)3)21(15,18)19/h8H,4-7,9H2,1-3H3. The number of carbonyl (C=O) groups excluding carboxylic acids is 1. The van der Waals surface area contributed by atoms with Crippen LogP contribution in [0.1, 0.15) is 49.0 Å². The lowest BCUT2D eigenvalue weighted by Crippen LogP contribution is -2.32. The van der Waals surface area contributed by atoms with Gasteiger partial charge in [0.25, 0.3) is 15.0 Å². The van der Waals surface area contributed by atoms with E-state index in [1.54, 1.807) is 12.3 Å². The van der Waals surface area contributed by atoms with Crippen molar-refractivity contribution in [2.24, 2.45) is 5.41 Å². The Labute approximate surface area is 134 Å². The van der Waals surface area contributed by atoms with Gasteiger partial charge in [-0.1, -0.05) is 13.8 Å². The topological polar surface area (TPSA) is 54.5 Å². The van der Waals surface area contributed by atoms with Crippen LogP contribution < -0.4 is 0 Å². The molecule has 1 aliphatic heterocycles. The summed E-state index contributed by atoms with van der Waals surface area (Å²) in [5, 5.41) is 1.60. The van der Waals surface area contributed by atoms with Crippen LogP contribution in [0, 0.1) is 12.3 Å². The highest BCUT2D eigenvalue weighted by Gasteiger charge is 2.38. The molecule has 0 bridgehead atoms. The van der Waals surface area contributed by atoms with Crippen molar-refractivity contribution in [1.82, 2.24) is 4.90 Å². The molecule has 7 heteroatoms. The summed E-state index contributed by atoms with van der Waals surface area (Å²) in [6.07, 6.45) is 3.12. The third-order valence-electron chi connectivity index (χ3n) is 4.67. The first-order chi connectivity index (χ1) is 9.74. The van der Waals surface area contributed by atoms with Crippen molar-refractivity contribution in [1.29, 1.82) is 0 Å². The molecule has 0 N–H and O–H groups in total. The third-order valence-corrected chi connectivity index (χ3v) is 7.98. The van der Waals surface area contributed by atoms with E-state index in [0.717, 1.165) is 43.7 Å². The lowest BCUT2D eigenvalue weighted by Gasteiger charge is -2.26. The van der Waals surface area contributed by atoms with E-state index in [-0.39, 0.29) is 15.5 Å². The van der Waals surface area contributed by atoms with Crippen LogP contribution in [0.25, 0.3) is 0 Å². The van der Waals surface area contributed by atoms with Gasteiger partial charge in [-0.15, -0.1) is 11.3 Å². The molecular formula is C14H20ClNO3S2. The minimum atomic E-state index is -3.78. The molecule has 1 fully saturated rings. The molecule has 1 saturated heterocycles. The fourth-order valence-electron chi connectivity index (χ4n) is 2.96. The lowest BCUT2D eigenvalue weighted by atomic mass is 9.82. The van der Waals surface area contributed by atoms with Crippen molar-refractivity contribution in [3.63, 3.8) is 0 Å². The summed E-state index contributed by atoms with van der Waals surface area (Å²) in [4.78, 5) is 14.5. The van der Waals surface area contributed by atoms with Crippen LogP contribution in [0.2, 0.25) is 0 Å². The summed E-state index contributed by atoms with van der Waals surface area (Å²) in [5.41, 5.74) is 1.13. The second kappa shape index (κ2) is 5.89. The summed E-state index contributed by atoms with van der Waals surface area (Å²) in [5.74, 6) is -0.0842. The summed E-state index contributed by atoms with van der Waals surface area (Å²) in [6, 6.07) is 0. The Hall–Kier alpha value is -0.590. The van der Waals surface area contributed by atoms with E-state index < -0.39 is 9.05 Å². The zero-order chi connectivity index (χ0) is 15.8. The first-order valence-electron chi connectivity index (χ1n) is 7.06. The molecule has 1 amide bonds. The second-order valence-electron chi connectivity index (χ2n) is 5.68. The van der Waals surface area contributed by atoms with Gasteiger partial charge in [-0.25, -0.2) is 8.42 Å². The molecule has 2 heterocycles. The molecular weight excluding hydrogens is 330 g/mol. The summed E-state index contributed by atoms with van der Waals surface area (Å²) in [7, 11) is 1.61. The van der Waals surface area contributed by atoms with Crippen LogP contribution in [0.15, 0.2) is 9.59 Å². The van der Waals surface area contributed by atoms with E-state index in [1.165, 1.54) is 0 Å². The van der Waals surface area contributed by atoms with Crippen molar-refractivity contribution in [2.75, 3.05) is 13.1 Å². The van der Waals surface area contributed by atoms with Gasteiger partial charge in [0.2, 0.25) is 0 Å². The molecule has 0 spiro atoms. The minimum absolute atomic E-state index is 0.0731. The summed E-state index contributed by atoms with van der Waals surface area (Å²) in [6.45, 7) is 7.44. The highest BCUT2D eigenvalue weighted by molar-refractivity contribution is 8.15. The molecule has 1 aromatic rings. The average molecular weight is 350 g/mol. The Kier molecular flexibility index (Phi) is 4.71. The molecule has 0 unspecified atom stereocenters. The fraction of sp³-hybridized carbons (Fsp3) is 0.643. The van der Waals surface area contributed by atoms with E-state index in [0.29, 0.717) is 11.1 Å². The van der Waals surface area contributed by atoms with E-state index in [4.69, 9.17) is 10.7 Å². The molecule has 21 heavy (non-hydrogen) atoms. The number of likely N-dealkylation sites (tertiary alicyclic amines) is 1. The average Bonchev–Trinajstić information content (AvgIpc) is 3.01. The fourth-order valence-corrected chi connectivity index (χ4v) is 5.50. The Morgan fingerprint density at radius 1 is 1.43 bits per heavy atom. The van der Waals surface area contributed by atoms with Gasteiger partial charge < -0.3 is 4.90 Å². The Bertz CT molecular complexity index is 647. The number of thiophene rings is 1. The van der Waals surface area contributed by atoms with Crippen molar-refractivity contribution in [3.8, 4) is 0 Å². The first-order valence-corrected chi connectivity index (χ1v) is 10.2. The number of amides is 1. The smallest absolute Gasteiger partial charge is 0.271 e. The molecule has 1 aliphatic rings. The van der Waals surface area contributed by atoms with Crippen LogP contribution in [0.4, 0.5) is 0 Å². The van der Waals surface area contributed by atoms with Crippen molar-refractivity contribution >= 4 is 37.0 Å². The summed E-state index contributed by atoms with van der Waals surface area (Å²) >= 11 is 1.01. The van der Waals surface area contributed by atoms with Gasteiger partial charge in [-0.3, -0.25) is 4.79 Å². The minimum Gasteiger partial charge on any atom is -0.338 e. The third kappa shape index (κ3) is 3.12. The summed E-state index contributed by atoms with van der Waals surface area (Å²) < 4.78 is 23.0. The van der Waals surface area contributed by atoms with E-state index in [9.17, 15) is 13.2 Å². The SMILES string of the molecule is CCC1(CC)CCN(C(=O)c2csc(S(=O)(=O)Cl)c2C)C1. The molecule has 4 nitrogen and oxygen atoms in total. The highest BCUT2D eigenvalue weighted by atomic mass is 35.7. The van der Waals surface area contributed by atoms with Crippen molar-refractivity contribution in [3.05, 3.63) is 16.5 Å². The van der Waals surface area contributed by atoms with Crippen LogP contribution in [-0.4, -0.2) is 32.3 Å². The predicted octanol–water partition coefficient (Wildman–Crippen LogP) is 3.64. The van der Waals surface area contributed by atoms with Gasteiger partial charge in [-0.05, 0) is 37.2 Å². The van der Waals surface area contributed by atoms with Crippen LogP contribution in [0.5, 0.6) is 0 Å². The molecule has 2 rings (SSSR count). The molecule has 0 saturated carbocycles. The monoisotopic (exact) mass is 349 g/mol. The molecule has 0 aromatic carbocycles. The number of nitrogens with zero attached hydrogens (tertiary/aromatic N) is 1. The van der Waals surface area contributed by atoms with Gasteiger partial charge in [0.15, 0.2) is 0 Å². The number of rotatable bonds is 4. The van der Waals surface area contributed by atoms with Gasteiger partial charge in [0.05, 0.1) is 5.56 Å². The Morgan fingerprint density at radius 2 is 2.05 bits per heavy atom. The number of hydrogen-bond acceptors (Lipinski definition) is 4. The van der Waals surface area contributed by atoms with Gasteiger partial charge in [-0.2, -0.15) is 0 Å². The highest BCUT2D eigenvalue weighted by Crippen LogP contribution is 2.38. The largest absolute Gasteiger partial charge is 0.338 e. The predicted molar refractivity (Wildman–Crippen MR) is 85.6 cm³/mol. The number of carbonyl (C=O) groups is 1. The number of halogens is 1. The van der Waals surface area contributed by atoms with Crippen molar-refractivity contribution in [2.45, 2.75) is 44.2 Å². The molecule has 0 atom stereocenters. The molecule has 1 aromatic heterocycles. The maximum absolute atomic E-state index is 12.6. The van der Waals surface area contributed by atoms with Crippen molar-refractivity contribution < 1.29 is 13.2 Å². The second-order valence-corrected chi connectivity index (χ2v) is 9.32. The Morgan fingerprint density at radius 3 is 2.48 bits per heavy atom. The number of hydrogen-bond donors (Lipinski definition) is 0. The maximum atomic E-state index is 12.6. The quantitative estimate of drug-likeness (QED) is 0.780. The van der Waals surface area contributed by atoms with Crippen LogP contribution in [0.3, 0.4) is 0 Å². The zero-order valence-corrected chi connectivity index (χ0v) is 14.9. The zero-order valence-electron chi connectivity index (χ0n) is 12.5. The normalized spacial score (nSPS) is 18.2. The van der Waals surface area contributed by atoms with E-state index in [2.05, 4.69) is 13.8 Å². The van der Waals surface area contributed by atoms with Crippen LogP contribution in [-0.2, 0) is 9.05 Å². The van der Waals surface area contributed by atoms with Gasteiger partial charge in [0.1, 0.15) is 4.21 Å². The van der Waals surface area contributed by atoms with E-state index >= 15 is 0 Å². The maximum Gasteiger partial charge on any atom is 0.271 e. The molecule has 0 radical (unpaired) electrons. The lowest BCUT2D eigenvalue weighted by molar-refractivity contribution is 0.0769. The van der Waals surface area contributed by atoms with Gasteiger partial charge >= 0.3 is 0 Å².